The van der Waals surface area contributed by atoms with Crippen molar-refractivity contribution in [2.75, 3.05) is 5.32 Å². The first-order valence-electron chi connectivity index (χ1n) is 8.00. The third kappa shape index (κ3) is 3.60. The van der Waals surface area contributed by atoms with E-state index in [9.17, 15) is 4.79 Å². The molecule has 0 radical (unpaired) electrons. The molecule has 0 unspecified atom stereocenters. The number of rotatable bonds is 3. The summed E-state index contributed by atoms with van der Waals surface area (Å²) < 4.78 is 7.17. The number of hydrogen-bond acceptors (Lipinski definition) is 5. The van der Waals surface area contributed by atoms with Gasteiger partial charge in [-0.1, -0.05) is 38.0 Å². The molecule has 0 aliphatic carbocycles. The number of aryl methyl sites for hydroxylation is 2. The SMILES string of the molecule is Cc1cc(-c2nnc(NC(=O)c3ccc(C(C)(C)C)cc3)o2)n(C)n1. The van der Waals surface area contributed by atoms with Gasteiger partial charge in [-0.2, -0.15) is 5.10 Å². The minimum Gasteiger partial charge on any atom is -0.401 e. The monoisotopic (exact) mass is 339 g/mol. The molecule has 0 aliphatic rings. The predicted octanol–water partition coefficient (Wildman–Crippen LogP) is 3.33. The molecule has 7 nitrogen and oxygen atoms in total. The number of hydrogen-bond donors (Lipinski definition) is 1. The first-order chi connectivity index (χ1) is 11.7. The molecule has 2 aromatic heterocycles. The second-order valence-corrected chi connectivity index (χ2v) is 6.99. The molecule has 7 heteroatoms. The van der Waals surface area contributed by atoms with Crippen molar-refractivity contribution < 1.29 is 9.21 Å². The van der Waals surface area contributed by atoms with Crippen LogP contribution in [0.5, 0.6) is 0 Å². The van der Waals surface area contributed by atoms with Crippen molar-refractivity contribution in [1.29, 1.82) is 0 Å². The van der Waals surface area contributed by atoms with Crippen LogP contribution in [-0.2, 0) is 12.5 Å². The van der Waals surface area contributed by atoms with Gasteiger partial charge in [-0.25, -0.2) is 0 Å². The Labute approximate surface area is 146 Å². The van der Waals surface area contributed by atoms with Crippen LogP contribution in [0.15, 0.2) is 34.7 Å². The molecule has 2 heterocycles. The normalized spacial score (nSPS) is 11.6. The average Bonchev–Trinajstić information content (AvgIpc) is 3.12. The molecule has 130 valence electrons. The lowest BCUT2D eigenvalue weighted by Gasteiger charge is -2.18. The van der Waals surface area contributed by atoms with Crippen LogP contribution in [0.2, 0.25) is 0 Å². The van der Waals surface area contributed by atoms with Crippen LogP contribution in [0.3, 0.4) is 0 Å². The largest absolute Gasteiger partial charge is 0.401 e. The fourth-order valence-electron chi connectivity index (χ4n) is 2.48. The Balaban J connectivity index is 1.74. The summed E-state index contributed by atoms with van der Waals surface area (Å²) in [5, 5.41) is 14.7. The van der Waals surface area contributed by atoms with E-state index in [1.165, 1.54) is 0 Å². The van der Waals surface area contributed by atoms with Crippen molar-refractivity contribution in [1.82, 2.24) is 20.0 Å². The van der Waals surface area contributed by atoms with Gasteiger partial charge < -0.3 is 4.42 Å². The number of anilines is 1. The van der Waals surface area contributed by atoms with Crippen molar-refractivity contribution in [3.63, 3.8) is 0 Å². The summed E-state index contributed by atoms with van der Waals surface area (Å²) in [5.41, 5.74) is 3.28. The van der Waals surface area contributed by atoms with Gasteiger partial charge in [-0.05, 0) is 36.1 Å². The summed E-state index contributed by atoms with van der Waals surface area (Å²) in [6, 6.07) is 9.37. The topological polar surface area (TPSA) is 85.8 Å². The van der Waals surface area contributed by atoms with Gasteiger partial charge in [-0.15, -0.1) is 5.10 Å². The van der Waals surface area contributed by atoms with Crippen LogP contribution >= 0.6 is 0 Å². The zero-order chi connectivity index (χ0) is 18.2. The molecule has 0 aliphatic heterocycles. The molecule has 1 aromatic carbocycles. The second-order valence-electron chi connectivity index (χ2n) is 6.99. The minimum atomic E-state index is -0.295. The Morgan fingerprint density at radius 1 is 1.16 bits per heavy atom. The molecule has 0 saturated heterocycles. The highest BCUT2D eigenvalue weighted by atomic mass is 16.4. The van der Waals surface area contributed by atoms with E-state index in [-0.39, 0.29) is 17.3 Å². The highest BCUT2D eigenvalue weighted by Crippen LogP contribution is 2.23. The minimum absolute atomic E-state index is 0.0393. The van der Waals surface area contributed by atoms with Crippen molar-refractivity contribution in [3.8, 4) is 11.6 Å². The third-order valence-corrected chi connectivity index (χ3v) is 3.88. The molecule has 0 atom stereocenters. The Kier molecular flexibility index (Phi) is 4.16. The fraction of sp³-hybridized carbons (Fsp3) is 0.333. The molecule has 0 fully saturated rings. The van der Waals surface area contributed by atoms with Crippen LogP contribution in [-0.4, -0.2) is 25.9 Å². The first-order valence-corrected chi connectivity index (χ1v) is 8.00. The number of amides is 1. The maximum Gasteiger partial charge on any atom is 0.322 e. The van der Waals surface area contributed by atoms with E-state index in [1.807, 2.05) is 25.1 Å². The van der Waals surface area contributed by atoms with Gasteiger partial charge in [-0.3, -0.25) is 14.8 Å². The van der Waals surface area contributed by atoms with Crippen LogP contribution in [0.1, 0.15) is 42.4 Å². The van der Waals surface area contributed by atoms with Gasteiger partial charge in [0.1, 0.15) is 5.69 Å². The van der Waals surface area contributed by atoms with E-state index >= 15 is 0 Å². The first kappa shape index (κ1) is 16.9. The standard InChI is InChI=1S/C18H21N5O2/c1-11-10-14(23(5)22-11)16-20-21-17(25-16)19-15(24)12-6-8-13(9-7-12)18(2,3)4/h6-10H,1-5H3,(H,19,21,24). The molecule has 3 rings (SSSR count). The Morgan fingerprint density at radius 3 is 2.40 bits per heavy atom. The third-order valence-electron chi connectivity index (χ3n) is 3.88. The van der Waals surface area contributed by atoms with Crippen molar-refractivity contribution in [2.24, 2.45) is 7.05 Å². The molecule has 1 amide bonds. The lowest BCUT2D eigenvalue weighted by molar-refractivity contribution is 0.102. The predicted molar refractivity (Wildman–Crippen MR) is 94.3 cm³/mol. The zero-order valence-corrected chi connectivity index (χ0v) is 15.0. The summed E-state index contributed by atoms with van der Waals surface area (Å²) >= 11 is 0. The average molecular weight is 339 g/mol. The molecule has 1 N–H and O–H groups in total. The van der Waals surface area contributed by atoms with Gasteiger partial charge in [0.2, 0.25) is 0 Å². The summed E-state index contributed by atoms with van der Waals surface area (Å²) in [6.07, 6.45) is 0. The van der Waals surface area contributed by atoms with Gasteiger partial charge >= 0.3 is 6.01 Å². The zero-order valence-electron chi connectivity index (χ0n) is 15.0. The van der Waals surface area contributed by atoms with E-state index in [2.05, 4.69) is 41.4 Å². The summed E-state index contributed by atoms with van der Waals surface area (Å²) in [4.78, 5) is 12.3. The lowest BCUT2D eigenvalue weighted by Crippen LogP contribution is -2.14. The summed E-state index contributed by atoms with van der Waals surface area (Å²) in [7, 11) is 1.79. The van der Waals surface area contributed by atoms with E-state index in [0.717, 1.165) is 11.3 Å². The molecule has 0 spiro atoms. The molecule has 3 aromatic rings. The molecule has 0 saturated carbocycles. The van der Waals surface area contributed by atoms with Crippen molar-refractivity contribution >= 4 is 11.9 Å². The number of benzene rings is 1. The lowest BCUT2D eigenvalue weighted by atomic mass is 9.87. The van der Waals surface area contributed by atoms with E-state index in [0.29, 0.717) is 17.1 Å². The van der Waals surface area contributed by atoms with Gasteiger partial charge in [0.05, 0.1) is 5.69 Å². The van der Waals surface area contributed by atoms with Crippen LogP contribution < -0.4 is 5.32 Å². The Hall–Kier alpha value is -2.96. The highest BCUT2D eigenvalue weighted by molar-refractivity contribution is 6.03. The molecular formula is C18H21N5O2. The maximum absolute atomic E-state index is 12.3. The fourth-order valence-corrected chi connectivity index (χ4v) is 2.48. The van der Waals surface area contributed by atoms with Gasteiger partial charge in [0.25, 0.3) is 11.8 Å². The number of nitrogens with one attached hydrogen (secondary N) is 1. The van der Waals surface area contributed by atoms with Crippen molar-refractivity contribution in [2.45, 2.75) is 33.1 Å². The van der Waals surface area contributed by atoms with Gasteiger partial charge in [0, 0.05) is 12.6 Å². The number of nitrogens with zero attached hydrogens (tertiary/aromatic N) is 4. The van der Waals surface area contributed by atoms with E-state index < -0.39 is 0 Å². The van der Waals surface area contributed by atoms with Gasteiger partial charge in [0.15, 0.2) is 0 Å². The molecule has 25 heavy (non-hydrogen) atoms. The Morgan fingerprint density at radius 2 is 1.84 bits per heavy atom. The smallest absolute Gasteiger partial charge is 0.322 e. The van der Waals surface area contributed by atoms with E-state index in [1.54, 1.807) is 23.9 Å². The Bertz CT molecular complexity index is 900. The summed E-state index contributed by atoms with van der Waals surface area (Å²) in [6.45, 7) is 8.26. The number of carbonyl (C=O) groups is 1. The van der Waals surface area contributed by atoms with Crippen molar-refractivity contribution in [3.05, 3.63) is 47.2 Å². The summed E-state index contributed by atoms with van der Waals surface area (Å²) in [5.74, 6) is 0.0123. The quantitative estimate of drug-likeness (QED) is 0.791. The van der Waals surface area contributed by atoms with Crippen LogP contribution in [0, 0.1) is 6.92 Å². The van der Waals surface area contributed by atoms with E-state index in [4.69, 9.17) is 4.42 Å². The van der Waals surface area contributed by atoms with Crippen LogP contribution in [0.4, 0.5) is 6.01 Å². The maximum atomic E-state index is 12.3. The molecular weight excluding hydrogens is 318 g/mol. The second kappa shape index (κ2) is 6.16. The molecule has 0 bridgehead atoms. The van der Waals surface area contributed by atoms with Crippen LogP contribution in [0.25, 0.3) is 11.6 Å². The number of carbonyl (C=O) groups excluding carboxylic acids is 1. The highest BCUT2D eigenvalue weighted by Gasteiger charge is 2.17. The number of aromatic nitrogens is 4.